The molecule has 3 aliphatic heterocycles. The number of rotatable bonds is 2. The van der Waals surface area contributed by atoms with E-state index < -0.39 is 0 Å². The van der Waals surface area contributed by atoms with E-state index in [4.69, 9.17) is 0 Å². The van der Waals surface area contributed by atoms with E-state index in [0.29, 0.717) is 18.0 Å². The quantitative estimate of drug-likeness (QED) is 0.893. The molecule has 0 saturated carbocycles. The molecule has 3 saturated heterocycles. The summed E-state index contributed by atoms with van der Waals surface area (Å²) >= 11 is 0. The summed E-state index contributed by atoms with van der Waals surface area (Å²) in [5.74, 6) is 0.856. The molecule has 4 heteroatoms. The SMILES string of the molecule is Cc1ccc(C2C[C@H]3CC[C@@H](C2)N3C(=O)N2CCCC(CO)C2)cc1. The number of nitrogens with zero attached hydrogens (tertiary/aromatic N) is 2. The van der Waals surface area contributed by atoms with Crippen molar-refractivity contribution in [2.75, 3.05) is 19.7 Å². The molecular weight excluding hydrogens is 312 g/mol. The first-order valence-electron chi connectivity index (χ1n) is 9.90. The molecule has 2 unspecified atom stereocenters. The molecule has 4 atom stereocenters. The van der Waals surface area contributed by atoms with Crippen molar-refractivity contribution in [3.63, 3.8) is 0 Å². The molecule has 2 amide bonds. The molecule has 0 radical (unpaired) electrons. The van der Waals surface area contributed by atoms with E-state index in [9.17, 15) is 9.90 Å². The Morgan fingerprint density at radius 2 is 1.80 bits per heavy atom. The van der Waals surface area contributed by atoms with Gasteiger partial charge in [-0.05, 0) is 62.8 Å². The zero-order chi connectivity index (χ0) is 17.4. The van der Waals surface area contributed by atoms with E-state index in [1.807, 2.05) is 4.90 Å². The lowest BCUT2D eigenvalue weighted by Gasteiger charge is -2.43. The van der Waals surface area contributed by atoms with Crippen LogP contribution in [0.5, 0.6) is 0 Å². The number of fused-ring (bicyclic) bond motifs is 2. The number of carbonyl (C=O) groups excluding carboxylic acids is 1. The van der Waals surface area contributed by atoms with Gasteiger partial charge in [-0.25, -0.2) is 4.79 Å². The van der Waals surface area contributed by atoms with Crippen molar-refractivity contribution in [3.8, 4) is 0 Å². The summed E-state index contributed by atoms with van der Waals surface area (Å²) in [5.41, 5.74) is 2.75. The lowest BCUT2D eigenvalue weighted by atomic mass is 9.85. The Labute approximate surface area is 150 Å². The Bertz CT molecular complexity index is 601. The van der Waals surface area contributed by atoms with Crippen molar-refractivity contribution in [2.45, 2.75) is 63.5 Å². The van der Waals surface area contributed by atoms with Gasteiger partial charge in [0.1, 0.15) is 0 Å². The van der Waals surface area contributed by atoms with Crippen LogP contribution < -0.4 is 0 Å². The molecule has 0 aromatic heterocycles. The third kappa shape index (κ3) is 3.29. The van der Waals surface area contributed by atoms with Gasteiger partial charge in [0.05, 0.1) is 0 Å². The second-order valence-corrected chi connectivity index (χ2v) is 8.29. The Morgan fingerprint density at radius 3 is 2.44 bits per heavy atom. The van der Waals surface area contributed by atoms with Crippen molar-refractivity contribution in [1.82, 2.24) is 9.80 Å². The Kier molecular flexibility index (Phi) is 4.72. The summed E-state index contributed by atoms with van der Waals surface area (Å²) in [7, 11) is 0. The van der Waals surface area contributed by atoms with Crippen LogP contribution >= 0.6 is 0 Å². The number of benzene rings is 1. The summed E-state index contributed by atoms with van der Waals surface area (Å²) in [6.45, 7) is 3.92. The summed E-state index contributed by atoms with van der Waals surface area (Å²) in [6.07, 6.45) is 6.56. The molecule has 1 N–H and O–H groups in total. The molecule has 136 valence electrons. The normalized spacial score (nSPS) is 32.1. The average molecular weight is 342 g/mol. The van der Waals surface area contributed by atoms with Crippen LogP contribution in [-0.4, -0.2) is 52.7 Å². The van der Waals surface area contributed by atoms with Crippen LogP contribution in [0.15, 0.2) is 24.3 Å². The van der Waals surface area contributed by atoms with E-state index in [1.54, 1.807) is 0 Å². The highest BCUT2D eigenvalue weighted by Crippen LogP contribution is 2.43. The number of piperidine rings is 2. The molecular formula is C21H30N2O2. The number of likely N-dealkylation sites (tertiary alicyclic amines) is 1. The number of aryl methyl sites for hydroxylation is 1. The largest absolute Gasteiger partial charge is 0.396 e. The zero-order valence-electron chi connectivity index (χ0n) is 15.2. The van der Waals surface area contributed by atoms with Crippen LogP contribution in [0.25, 0.3) is 0 Å². The maximum absolute atomic E-state index is 13.1. The Morgan fingerprint density at radius 1 is 1.12 bits per heavy atom. The highest BCUT2D eigenvalue weighted by atomic mass is 16.3. The van der Waals surface area contributed by atoms with Gasteiger partial charge in [0, 0.05) is 31.8 Å². The van der Waals surface area contributed by atoms with Crippen LogP contribution in [0.3, 0.4) is 0 Å². The van der Waals surface area contributed by atoms with Gasteiger partial charge in [0.2, 0.25) is 0 Å². The zero-order valence-corrected chi connectivity index (χ0v) is 15.2. The highest BCUT2D eigenvalue weighted by molar-refractivity contribution is 5.76. The number of aliphatic hydroxyl groups excluding tert-OH is 1. The van der Waals surface area contributed by atoms with Crippen molar-refractivity contribution < 1.29 is 9.90 Å². The molecule has 3 fully saturated rings. The van der Waals surface area contributed by atoms with Crippen molar-refractivity contribution in [1.29, 1.82) is 0 Å². The molecule has 0 aliphatic carbocycles. The Balaban J connectivity index is 1.45. The standard InChI is InChI=1S/C21H30N2O2/c1-15-4-6-17(7-5-15)18-11-19-8-9-20(12-18)23(19)21(25)22-10-2-3-16(13-22)14-24/h4-7,16,18-20,24H,2-3,8-14H2,1H3/t16?,18?,19-,20+. The topological polar surface area (TPSA) is 43.8 Å². The van der Waals surface area contributed by atoms with Crippen LogP contribution in [-0.2, 0) is 0 Å². The lowest BCUT2D eigenvalue weighted by Crippen LogP contribution is -2.54. The number of hydrogen-bond donors (Lipinski definition) is 1. The lowest BCUT2D eigenvalue weighted by molar-refractivity contribution is 0.0792. The number of carbonyl (C=O) groups is 1. The van der Waals surface area contributed by atoms with Crippen LogP contribution in [0, 0.1) is 12.8 Å². The molecule has 1 aromatic carbocycles. The molecule has 4 rings (SSSR count). The van der Waals surface area contributed by atoms with E-state index >= 15 is 0 Å². The van der Waals surface area contributed by atoms with E-state index in [2.05, 4.69) is 36.1 Å². The monoisotopic (exact) mass is 342 g/mol. The van der Waals surface area contributed by atoms with Gasteiger partial charge in [0.25, 0.3) is 0 Å². The third-order valence-electron chi connectivity index (χ3n) is 6.55. The maximum Gasteiger partial charge on any atom is 0.320 e. The first-order valence-corrected chi connectivity index (χ1v) is 9.90. The molecule has 1 aromatic rings. The summed E-state index contributed by atoms with van der Waals surface area (Å²) < 4.78 is 0. The molecule has 0 spiro atoms. The smallest absolute Gasteiger partial charge is 0.320 e. The van der Waals surface area contributed by atoms with Gasteiger partial charge in [-0.1, -0.05) is 29.8 Å². The second kappa shape index (κ2) is 6.99. The van der Waals surface area contributed by atoms with Gasteiger partial charge in [0.15, 0.2) is 0 Å². The maximum atomic E-state index is 13.1. The predicted molar refractivity (Wildman–Crippen MR) is 98.6 cm³/mol. The minimum absolute atomic E-state index is 0.201. The third-order valence-corrected chi connectivity index (χ3v) is 6.55. The fraction of sp³-hybridized carbons (Fsp3) is 0.667. The number of hydrogen-bond acceptors (Lipinski definition) is 2. The number of aliphatic hydroxyl groups is 1. The fourth-order valence-corrected chi connectivity index (χ4v) is 5.15. The van der Waals surface area contributed by atoms with Crippen LogP contribution in [0.4, 0.5) is 4.79 Å². The minimum atomic E-state index is 0.201. The first-order chi connectivity index (χ1) is 12.2. The molecule has 4 nitrogen and oxygen atoms in total. The van der Waals surface area contributed by atoms with Gasteiger partial charge >= 0.3 is 6.03 Å². The van der Waals surface area contributed by atoms with Crippen molar-refractivity contribution in [3.05, 3.63) is 35.4 Å². The fourth-order valence-electron chi connectivity index (χ4n) is 5.15. The van der Waals surface area contributed by atoms with E-state index in [1.165, 1.54) is 11.1 Å². The van der Waals surface area contributed by atoms with Gasteiger partial charge < -0.3 is 14.9 Å². The second-order valence-electron chi connectivity index (χ2n) is 8.29. The molecule has 2 bridgehead atoms. The molecule has 3 heterocycles. The average Bonchev–Trinajstić information content (AvgIpc) is 2.91. The van der Waals surface area contributed by atoms with Gasteiger partial charge in [-0.2, -0.15) is 0 Å². The first kappa shape index (κ1) is 16.9. The minimum Gasteiger partial charge on any atom is -0.396 e. The van der Waals surface area contributed by atoms with Gasteiger partial charge in [-0.3, -0.25) is 0 Å². The Hall–Kier alpha value is -1.55. The van der Waals surface area contributed by atoms with Crippen molar-refractivity contribution >= 4 is 6.03 Å². The highest BCUT2D eigenvalue weighted by Gasteiger charge is 2.45. The number of amides is 2. The summed E-state index contributed by atoms with van der Waals surface area (Å²) in [5, 5.41) is 9.45. The van der Waals surface area contributed by atoms with Gasteiger partial charge in [-0.15, -0.1) is 0 Å². The van der Waals surface area contributed by atoms with E-state index in [0.717, 1.165) is 51.6 Å². The number of urea groups is 1. The van der Waals surface area contributed by atoms with Crippen LogP contribution in [0.2, 0.25) is 0 Å². The molecule has 25 heavy (non-hydrogen) atoms. The van der Waals surface area contributed by atoms with Crippen molar-refractivity contribution in [2.24, 2.45) is 5.92 Å². The van der Waals surface area contributed by atoms with E-state index in [-0.39, 0.29) is 18.6 Å². The predicted octanol–water partition coefficient (Wildman–Crippen LogP) is 3.53. The summed E-state index contributed by atoms with van der Waals surface area (Å²) in [6, 6.07) is 9.97. The molecule has 3 aliphatic rings. The van der Waals surface area contributed by atoms with Crippen LogP contribution in [0.1, 0.15) is 55.6 Å². The summed E-state index contributed by atoms with van der Waals surface area (Å²) in [4.78, 5) is 17.3.